The largest absolute Gasteiger partial charge is 0.474 e. The van der Waals surface area contributed by atoms with Gasteiger partial charge in [-0.3, -0.25) is 4.98 Å². The van der Waals surface area contributed by atoms with Gasteiger partial charge in [0.1, 0.15) is 12.4 Å². The Balaban J connectivity index is 1.71. The van der Waals surface area contributed by atoms with Crippen molar-refractivity contribution in [2.75, 3.05) is 31.2 Å². The molecule has 7 heteroatoms. The van der Waals surface area contributed by atoms with E-state index in [1.807, 2.05) is 6.20 Å². The predicted octanol–water partition coefficient (Wildman–Crippen LogP) is 0.955. The van der Waals surface area contributed by atoms with Gasteiger partial charge < -0.3 is 19.7 Å². The van der Waals surface area contributed by atoms with Crippen molar-refractivity contribution >= 4 is 5.82 Å². The van der Waals surface area contributed by atoms with Crippen molar-refractivity contribution in [3.63, 3.8) is 0 Å². The number of rotatable bonds is 5. The van der Waals surface area contributed by atoms with Crippen LogP contribution in [0.3, 0.4) is 0 Å². The fraction of sp³-hybridized carbons (Fsp3) is 0.500. The molecule has 3 rings (SSSR count). The molecule has 0 bridgehead atoms. The van der Waals surface area contributed by atoms with E-state index in [2.05, 4.69) is 24.8 Å². The molecule has 1 aliphatic heterocycles. The van der Waals surface area contributed by atoms with Crippen LogP contribution >= 0.6 is 0 Å². The molecule has 0 radical (unpaired) electrons. The molecule has 1 unspecified atom stereocenters. The van der Waals surface area contributed by atoms with Crippen LogP contribution in [0.1, 0.15) is 24.6 Å². The maximum Gasteiger partial charge on any atom is 0.234 e. The van der Waals surface area contributed by atoms with Crippen LogP contribution in [0, 0.1) is 0 Å². The number of nitrogens with zero attached hydrogens (tertiary/aromatic N) is 4. The summed E-state index contributed by atoms with van der Waals surface area (Å²) in [5.74, 6) is 2.67. The average Bonchev–Trinajstić information content (AvgIpc) is 3.08. The van der Waals surface area contributed by atoms with Crippen LogP contribution in [0.25, 0.3) is 0 Å². The van der Waals surface area contributed by atoms with E-state index < -0.39 is 0 Å². The Morgan fingerprint density at radius 1 is 1.43 bits per heavy atom. The average molecular weight is 289 g/mol. The van der Waals surface area contributed by atoms with Gasteiger partial charge in [0, 0.05) is 31.4 Å². The van der Waals surface area contributed by atoms with E-state index in [0.717, 1.165) is 37.6 Å². The highest BCUT2D eigenvalue weighted by Crippen LogP contribution is 2.27. The smallest absolute Gasteiger partial charge is 0.234 e. The molecule has 21 heavy (non-hydrogen) atoms. The van der Waals surface area contributed by atoms with Crippen molar-refractivity contribution in [1.82, 2.24) is 19.9 Å². The summed E-state index contributed by atoms with van der Waals surface area (Å²) in [4.78, 5) is 18.4. The highest BCUT2D eigenvalue weighted by Gasteiger charge is 2.24. The van der Waals surface area contributed by atoms with Crippen LogP contribution in [0.2, 0.25) is 0 Å². The molecule has 1 fully saturated rings. The zero-order valence-electron chi connectivity index (χ0n) is 11.8. The SMILES string of the molecule is OCCOc1cncc(N2CCCC(c3ncc[nH]3)C2)n1. The Hall–Kier alpha value is -2.15. The lowest BCUT2D eigenvalue weighted by Crippen LogP contribution is -2.35. The summed E-state index contributed by atoms with van der Waals surface area (Å²) < 4.78 is 5.32. The van der Waals surface area contributed by atoms with Crippen molar-refractivity contribution in [3.05, 3.63) is 30.6 Å². The summed E-state index contributed by atoms with van der Waals surface area (Å²) in [6.07, 6.45) is 9.17. The second-order valence-corrected chi connectivity index (χ2v) is 5.05. The lowest BCUT2D eigenvalue weighted by molar-refractivity contribution is 0.196. The molecule has 0 aromatic carbocycles. The van der Waals surface area contributed by atoms with E-state index in [9.17, 15) is 0 Å². The third-order valence-corrected chi connectivity index (χ3v) is 3.59. The third kappa shape index (κ3) is 3.30. The Kier molecular flexibility index (Phi) is 4.30. The minimum absolute atomic E-state index is 0.0316. The second kappa shape index (κ2) is 6.53. The Morgan fingerprint density at radius 3 is 3.19 bits per heavy atom. The summed E-state index contributed by atoms with van der Waals surface area (Å²) in [5.41, 5.74) is 0. The van der Waals surface area contributed by atoms with Crippen LogP contribution in [0.4, 0.5) is 5.82 Å². The molecule has 7 nitrogen and oxygen atoms in total. The van der Waals surface area contributed by atoms with Crippen LogP contribution in [-0.2, 0) is 0 Å². The number of nitrogens with one attached hydrogen (secondary N) is 1. The normalized spacial score (nSPS) is 18.7. The van der Waals surface area contributed by atoms with Gasteiger partial charge in [-0.2, -0.15) is 4.98 Å². The highest BCUT2D eigenvalue weighted by molar-refractivity contribution is 5.39. The van der Waals surface area contributed by atoms with Gasteiger partial charge in [-0.1, -0.05) is 0 Å². The van der Waals surface area contributed by atoms with Crippen LogP contribution in [-0.4, -0.2) is 51.3 Å². The number of aliphatic hydroxyl groups excluding tert-OH is 1. The minimum Gasteiger partial charge on any atom is -0.474 e. The first kappa shape index (κ1) is 13.8. The highest BCUT2D eigenvalue weighted by atomic mass is 16.5. The van der Waals surface area contributed by atoms with E-state index in [0.29, 0.717) is 11.8 Å². The van der Waals surface area contributed by atoms with Gasteiger partial charge in [0.25, 0.3) is 0 Å². The summed E-state index contributed by atoms with van der Waals surface area (Å²) in [7, 11) is 0. The number of H-pyrrole nitrogens is 1. The van der Waals surface area contributed by atoms with Crippen LogP contribution in [0.15, 0.2) is 24.8 Å². The number of piperidine rings is 1. The third-order valence-electron chi connectivity index (χ3n) is 3.59. The van der Waals surface area contributed by atoms with Crippen molar-refractivity contribution in [2.24, 2.45) is 0 Å². The fourth-order valence-corrected chi connectivity index (χ4v) is 2.62. The Bertz CT molecular complexity index is 560. The number of ether oxygens (including phenoxy) is 1. The van der Waals surface area contributed by atoms with Crippen molar-refractivity contribution in [3.8, 4) is 5.88 Å². The van der Waals surface area contributed by atoms with Crippen molar-refractivity contribution < 1.29 is 9.84 Å². The summed E-state index contributed by atoms with van der Waals surface area (Å²) in [5, 5.41) is 8.79. The molecule has 0 spiro atoms. The topological polar surface area (TPSA) is 87.2 Å². The Labute approximate surface area is 123 Å². The quantitative estimate of drug-likeness (QED) is 0.852. The number of aromatic nitrogens is 4. The van der Waals surface area contributed by atoms with E-state index in [4.69, 9.17) is 9.84 Å². The lowest BCUT2D eigenvalue weighted by atomic mass is 9.97. The predicted molar refractivity (Wildman–Crippen MR) is 77.4 cm³/mol. The second-order valence-electron chi connectivity index (χ2n) is 5.05. The van der Waals surface area contributed by atoms with Crippen molar-refractivity contribution in [1.29, 1.82) is 0 Å². The number of aromatic amines is 1. The van der Waals surface area contributed by atoms with E-state index in [-0.39, 0.29) is 13.2 Å². The van der Waals surface area contributed by atoms with Crippen LogP contribution < -0.4 is 9.64 Å². The van der Waals surface area contributed by atoms with Crippen molar-refractivity contribution in [2.45, 2.75) is 18.8 Å². The zero-order valence-corrected chi connectivity index (χ0v) is 11.8. The van der Waals surface area contributed by atoms with Gasteiger partial charge in [-0.25, -0.2) is 4.98 Å². The van der Waals surface area contributed by atoms with Gasteiger partial charge in [0.05, 0.1) is 19.0 Å². The van der Waals surface area contributed by atoms with Gasteiger partial charge in [-0.05, 0) is 12.8 Å². The molecule has 2 aromatic rings. The molecular weight excluding hydrogens is 270 g/mol. The molecule has 0 saturated carbocycles. The molecule has 1 saturated heterocycles. The number of imidazole rings is 1. The van der Waals surface area contributed by atoms with Gasteiger partial charge >= 0.3 is 0 Å². The monoisotopic (exact) mass is 289 g/mol. The van der Waals surface area contributed by atoms with Gasteiger partial charge in [0.15, 0.2) is 5.82 Å². The van der Waals surface area contributed by atoms with Gasteiger partial charge in [0.2, 0.25) is 5.88 Å². The molecule has 112 valence electrons. The number of aliphatic hydroxyl groups is 1. The summed E-state index contributed by atoms with van der Waals surface area (Å²) in [6.45, 7) is 2.02. The molecular formula is C14H19N5O2. The van der Waals surface area contributed by atoms with Crippen LogP contribution in [0.5, 0.6) is 5.88 Å². The van der Waals surface area contributed by atoms with E-state index in [1.54, 1.807) is 18.6 Å². The zero-order chi connectivity index (χ0) is 14.5. The maximum absolute atomic E-state index is 8.79. The Morgan fingerprint density at radius 2 is 2.38 bits per heavy atom. The lowest BCUT2D eigenvalue weighted by Gasteiger charge is -2.32. The fourth-order valence-electron chi connectivity index (χ4n) is 2.62. The number of hydrogen-bond donors (Lipinski definition) is 2. The molecule has 3 heterocycles. The molecule has 0 amide bonds. The summed E-state index contributed by atoms with van der Waals surface area (Å²) in [6, 6.07) is 0. The molecule has 2 aromatic heterocycles. The van der Waals surface area contributed by atoms with Gasteiger partial charge in [-0.15, -0.1) is 0 Å². The number of anilines is 1. The molecule has 0 aliphatic carbocycles. The van der Waals surface area contributed by atoms with E-state index in [1.165, 1.54) is 0 Å². The maximum atomic E-state index is 8.79. The minimum atomic E-state index is -0.0316. The first-order chi connectivity index (χ1) is 10.4. The first-order valence-electron chi connectivity index (χ1n) is 7.17. The standard InChI is InChI=1S/C14H19N5O2/c20-6-7-21-13-9-15-8-12(18-13)19-5-1-2-11(10-19)14-16-3-4-17-14/h3-4,8-9,11,20H,1-2,5-7,10H2,(H,16,17). The van der Waals surface area contributed by atoms with E-state index >= 15 is 0 Å². The molecule has 1 aliphatic rings. The number of hydrogen-bond acceptors (Lipinski definition) is 6. The summed E-state index contributed by atoms with van der Waals surface area (Å²) >= 11 is 0. The molecule has 2 N–H and O–H groups in total. The molecule has 1 atom stereocenters. The first-order valence-corrected chi connectivity index (χ1v) is 7.17.